The summed E-state index contributed by atoms with van der Waals surface area (Å²) in [6, 6.07) is 5.22. The molecule has 0 aliphatic carbocycles. The number of aromatic nitrogens is 1. The van der Waals surface area contributed by atoms with Crippen LogP contribution >= 0.6 is 0 Å². The van der Waals surface area contributed by atoms with E-state index >= 15 is 0 Å². The second-order valence-electron chi connectivity index (χ2n) is 4.92. The number of pyridine rings is 1. The largest absolute Gasteiger partial charge is 0.374 e. The standard InChI is InChI=1S/C13H18N2O2/c1-10-5-6-11(9-14)12(16)15(10)7-8-17-13(2,3)4/h5-6H,7-8H2,1-4H3. The van der Waals surface area contributed by atoms with Crippen LogP contribution in [0.4, 0.5) is 0 Å². The van der Waals surface area contributed by atoms with Gasteiger partial charge in [0.25, 0.3) is 5.56 Å². The molecule has 0 atom stereocenters. The summed E-state index contributed by atoms with van der Waals surface area (Å²) in [4.78, 5) is 11.9. The van der Waals surface area contributed by atoms with Crippen molar-refractivity contribution in [3.8, 4) is 6.07 Å². The molecule has 1 aromatic rings. The van der Waals surface area contributed by atoms with Crippen LogP contribution in [0.3, 0.4) is 0 Å². The Morgan fingerprint density at radius 2 is 2.06 bits per heavy atom. The van der Waals surface area contributed by atoms with Crippen molar-refractivity contribution < 1.29 is 4.74 Å². The van der Waals surface area contributed by atoms with Crippen LogP contribution < -0.4 is 5.56 Å². The molecule has 0 amide bonds. The van der Waals surface area contributed by atoms with Gasteiger partial charge in [-0.3, -0.25) is 4.79 Å². The van der Waals surface area contributed by atoms with Crippen molar-refractivity contribution >= 4 is 0 Å². The van der Waals surface area contributed by atoms with E-state index in [1.54, 1.807) is 16.7 Å². The lowest BCUT2D eigenvalue weighted by molar-refractivity contribution is -0.00731. The van der Waals surface area contributed by atoms with Gasteiger partial charge < -0.3 is 9.30 Å². The Morgan fingerprint density at radius 1 is 1.41 bits per heavy atom. The van der Waals surface area contributed by atoms with E-state index in [1.165, 1.54) is 0 Å². The predicted octanol–water partition coefficient (Wildman–Crippen LogP) is 1.84. The molecule has 4 nitrogen and oxygen atoms in total. The van der Waals surface area contributed by atoms with E-state index in [-0.39, 0.29) is 16.7 Å². The van der Waals surface area contributed by atoms with Crippen LogP contribution in [0.2, 0.25) is 0 Å². The minimum Gasteiger partial charge on any atom is -0.374 e. The number of ether oxygens (including phenoxy) is 1. The van der Waals surface area contributed by atoms with Gasteiger partial charge in [-0.05, 0) is 39.8 Å². The maximum Gasteiger partial charge on any atom is 0.268 e. The highest BCUT2D eigenvalue weighted by atomic mass is 16.5. The van der Waals surface area contributed by atoms with Crippen LogP contribution in [0.1, 0.15) is 32.0 Å². The fourth-order valence-electron chi connectivity index (χ4n) is 1.48. The Hall–Kier alpha value is -1.60. The van der Waals surface area contributed by atoms with Crippen LogP contribution in [0.5, 0.6) is 0 Å². The molecule has 0 N–H and O–H groups in total. The Bertz CT molecular complexity index is 490. The first-order valence-corrected chi connectivity index (χ1v) is 5.59. The number of hydrogen-bond donors (Lipinski definition) is 0. The normalized spacial score (nSPS) is 11.2. The van der Waals surface area contributed by atoms with Crippen molar-refractivity contribution in [1.82, 2.24) is 4.57 Å². The molecule has 0 radical (unpaired) electrons. The molecule has 92 valence electrons. The molecule has 1 heterocycles. The van der Waals surface area contributed by atoms with Gasteiger partial charge in [0.05, 0.1) is 12.2 Å². The summed E-state index contributed by atoms with van der Waals surface area (Å²) in [5, 5.41) is 8.79. The van der Waals surface area contributed by atoms with Gasteiger partial charge in [-0.2, -0.15) is 5.26 Å². The molecule has 0 aliphatic rings. The molecule has 1 aromatic heterocycles. The summed E-state index contributed by atoms with van der Waals surface area (Å²) in [5.74, 6) is 0. The van der Waals surface area contributed by atoms with Crippen molar-refractivity contribution in [3.63, 3.8) is 0 Å². The van der Waals surface area contributed by atoms with Gasteiger partial charge in [-0.1, -0.05) is 0 Å². The van der Waals surface area contributed by atoms with Gasteiger partial charge in [0.2, 0.25) is 0 Å². The molecular weight excluding hydrogens is 216 g/mol. The number of nitriles is 1. The van der Waals surface area contributed by atoms with E-state index < -0.39 is 0 Å². The molecule has 0 aromatic carbocycles. The van der Waals surface area contributed by atoms with E-state index in [4.69, 9.17) is 10.00 Å². The fraction of sp³-hybridized carbons (Fsp3) is 0.538. The molecule has 17 heavy (non-hydrogen) atoms. The molecule has 0 saturated carbocycles. The summed E-state index contributed by atoms with van der Waals surface area (Å²) in [6.07, 6.45) is 0. The molecule has 0 fully saturated rings. The third-order valence-corrected chi connectivity index (χ3v) is 2.36. The lowest BCUT2D eigenvalue weighted by Gasteiger charge is -2.20. The second kappa shape index (κ2) is 5.15. The molecular formula is C13H18N2O2. The Balaban J connectivity index is 2.85. The van der Waals surface area contributed by atoms with E-state index in [2.05, 4.69) is 0 Å². The summed E-state index contributed by atoms with van der Waals surface area (Å²) in [7, 11) is 0. The topological polar surface area (TPSA) is 55.0 Å². The zero-order chi connectivity index (χ0) is 13.1. The van der Waals surface area contributed by atoms with Crippen molar-refractivity contribution in [2.24, 2.45) is 0 Å². The smallest absolute Gasteiger partial charge is 0.268 e. The van der Waals surface area contributed by atoms with Gasteiger partial charge in [-0.25, -0.2) is 0 Å². The van der Waals surface area contributed by atoms with Gasteiger partial charge in [-0.15, -0.1) is 0 Å². The highest BCUT2D eigenvalue weighted by molar-refractivity contribution is 5.27. The van der Waals surface area contributed by atoms with Gasteiger partial charge in [0, 0.05) is 12.2 Å². The Kier molecular flexibility index (Phi) is 4.08. The molecule has 0 spiro atoms. The van der Waals surface area contributed by atoms with Gasteiger partial charge in [0.15, 0.2) is 0 Å². The number of hydrogen-bond acceptors (Lipinski definition) is 3. The highest BCUT2D eigenvalue weighted by Crippen LogP contribution is 2.06. The first kappa shape index (κ1) is 13.5. The predicted molar refractivity (Wildman–Crippen MR) is 65.9 cm³/mol. The number of rotatable bonds is 3. The fourth-order valence-corrected chi connectivity index (χ4v) is 1.48. The monoisotopic (exact) mass is 234 g/mol. The van der Waals surface area contributed by atoms with Crippen molar-refractivity contribution in [3.05, 3.63) is 33.7 Å². The number of nitrogens with zero attached hydrogens (tertiary/aromatic N) is 2. The Morgan fingerprint density at radius 3 is 2.59 bits per heavy atom. The van der Waals surface area contributed by atoms with Crippen molar-refractivity contribution in [2.75, 3.05) is 6.61 Å². The molecule has 0 aliphatic heterocycles. The van der Waals surface area contributed by atoms with Crippen LogP contribution in [0.25, 0.3) is 0 Å². The van der Waals surface area contributed by atoms with Crippen molar-refractivity contribution in [2.45, 2.75) is 39.8 Å². The molecule has 0 bridgehead atoms. The Labute approximate surface area is 101 Å². The van der Waals surface area contributed by atoms with Crippen molar-refractivity contribution in [1.29, 1.82) is 5.26 Å². The maximum atomic E-state index is 11.9. The molecule has 4 heteroatoms. The lowest BCUT2D eigenvalue weighted by atomic mass is 10.2. The second-order valence-corrected chi connectivity index (χ2v) is 4.92. The quantitative estimate of drug-likeness (QED) is 0.802. The average Bonchev–Trinajstić information content (AvgIpc) is 2.21. The van der Waals surface area contributed by atoms with Crippen LogP contribution in [0, 0.1) is 18.3 Å². The summed E-state index contributed by atoms with van der Waals surface area (Å²) >= 11 is 0. The van der Waals surface area contributed by atoms with E-state index in [0.29, 0.717) is 13.2 Å². The van der Waals surface area contributed by atoms with E-state index in [9.17, 15) is 4.79 Å². The van der Waals surface area contributed by atoms with Crippen LogP contribution in [-0.2, 0) is 11.3 Å². The maximum absolute atomic E-state index is 11.9. The molecule has 0 saturated heterocycles. The third kappa shape index (κ3) is 3.72. The highest BCUT2D eigenvalue weighted by Gasteiger charge is 2.11. The SMILES string of the molecule is Cc1ccc(C#N)c(=O)n1CCOC(C)(C)C. The van der Waals surface area contributed by atoms with E-state index in [1.807, 2.05) is 33.8 Å². The molecule has 0 unspecified atom stereocenters. The van der Waals surface area contributed by atoms with Crippen LogP contribution in [-0.4, -0.2) is 16.8 Å². The first-order valence-electron chi connectivity index (χ1n) is 5.59. The number of aryl methyl sites for hydroxylation is 1. The summed E-state index contributed by atoms with van der Waals surface area (Å²) in [6.45, 7) is 8.67. The third-order valence-electron chi connectivity index (χ3n) is 2.36. The van der Waals surface area contributed by atoms with E-state index in [0.717, 1.165) is 5.69 Å². The molecule has 1 rings (SSSR count). The zero-order valence-corrected chi connectivity index (χ0v) is 10.8. The first-order chi connectivity index (χ1) is 7.85. The van der Waals surface area contributed by atoms with Gasteiger partial charge >= 0.3 is 0 Å². The summed E-state index contributed by atoms with van der Waals surface area (Å²) in [5.41, 5.74) is 0.549. The lowest BCUT2D eigenvalue weighted by Crippen LogP contribution is -2.29. The average molecular weight is 234 g/mol. The van der Waals surface area contributed by atoms with Crippen LogP contribution in [0.15, 0.2) is 16.9 Å². The zero-order valence-electron chi connectivity index (χ0n) is 10.8. The van der Waals surface area contributed by atoms with Gasteiger partial charge in [0.1, 0.15) is 11.6 Å². The summed E-state index contributed by atoms with van der Waals surface area (Å²) < 4.78 is 7.15. The minimum atomic E-state index is -0.245. The minimum absolute atomic E-state index is 0.173.